The van der Waals surface area contributed by atoms with Crippen molar-refractivity contribution in [3.05, 3.63) is 99.6 Å². The van der Waals surface area contributed by atoms with E-state index in [-0.39, 0.29) is 17.0 Å². The second-order valence-corrected chi connectivity index (χ2v) is 7.52. The van der Waals surface area contributed by atoms with Crippen molar-refractivity contribution in [3.63, 3.8) is 0 Å². The van der Waals surface area contributed by atoms with Gasteiger partial charge in [-0.05, 0) is 66.8 Å². The van der Waals surface area contributed by atoms with E-state index >= 15 is 0 Å². The second-order valence-electron chi connectivity index (χ2n) is 7.52. The van der Waals surface area contributed by atoms with Crippen molar-refractivity contribution >= 4 is 11.9 Å². The Labute approximate surface area is 177 Å². The van der Waals surface area contributed by atoms with Crippen LogP contribution in [-0.2, 0) is 4.74 Å². The summed E-state index contributed by atoms with van der Waals surface area (Å²) in [5, 5.41) is 0. The Bertz CT molecular complexity index is 1100. The second kappa shape index (κ2) is 8.95. The number of ether oxygens (including phenoxy) is 2. The van der Waals surface area contributed by atoms with Crippen molar-refractivity contribution in [3.8, 4) is 5.75 Å². The molecule has 0 aliphatic rings. The van der Waals surface area contributed by atoms with Crippen LogP contribution in [0.1, 0.15) is 61.4 Å². The molecular formula is C26H26O4. The molecule has 0 saturated carbocycles. The molecule has 0 N–H and O–H groups in total. The zero-order chi connectivity index (χ0) is 21.8. The van der Waals surface area contributed by atoms with Gasteiger partial charge >= 0.3 is 11.9 Å². The van der Waals surface area contributed by atoms with Gasteiger partial charge in [-0.25, -0.2) is 9.59 Å². The van der Waals surface area contributed by atoms with Gasteiger partial charge in [-0.2, -0.15) is 0 Å². The van der Waals surface area contributed by atoms with Crippen LogP contribution in [-0.4, -0.2) is 19.0 Å². The fraction of sp³-hybridized carbons (Fsp3) is 0.231. The van der Waals surface area contributed by atoms with Gasteiger partial charge in [-0.3, -0.25) is 0 Å². The third-order valence-electron chi connectivity index (χ3n) is 5.48. The minimum atomic E-state index is -0.589. The van der Waals surface area contributed by atoms with Crippen LogP contribution in [0.4, 0.5) is 0 Å². The van der Waals surface area contributed by atoms with E-state index in [0.717, 1.165) is 11.1 Å². The molecule has 3 rings (SSSR count). The monoisotopic (exact) mass is 402 g/mol. The van der Waals surface area contributed by atoms with E-state index in [0.29, 0.717) is 5.75 Å². The van der Waals surface area contributed by atoms with Crippen molar-refractivity contribution in [1.82, 2.24) is 0 Å². The van der Waals surface area contributed by atoms with Gasteiger partial charge in [0.1, 0.15) is 5.75 Å². The van der Waals surface area contributed by atoms with Gasteiger partial charge in [0.25, 0.3) is 0 Å². The highest BCUT2D eigenvalue weighted by atomic mass is 16.5. The Morgan fingerprint density at radius 3 is 1.87 bits per heavy atom. The van der Waals surface area contributed by atoms with Crippen LogP contribution in [0.3, 0.4) is 0 Å². The van der Waals surface area contributed by atoms with Gasteiger partial charge < -0.3 is 9.47 Å². The van der Waals surface area contributed by atoms with E-state index in [1.54, 1.807) is 30.3 Å². The zero-order valence-corrected chi connectivity index (χ0v) is 18.0. The first kappa shape index (κ1) is 21.3. The molecule has 0 aliphatic carbocycles. The Morgan fingerprint density at radius 2 is 1.30 bits per heavy atom. The maximum atomic E-state index is 12.7. The number of rotatable bonds is 5. The Kier molecular flexibility index (Phi) is 6.36. The van der Waals surface area contributed by atoms with Gasteiger partial charge in [0.15, 0.2) is 0 Å². The Balaban J connectivity index is 1.83. The predicted molar refractivity (Wildman–Crippen MR) is 117 cm³/mol. The number of esters is 2. The normalized spacial score (nSPS) is 11.6. The third-order valence-corrected chi connectivity index (χ3v) is 5.48. The molecule has 0 spiro atoms. The van der Waals surface area contributed by atoms with Crippen molar-refractivity contribution in [2.45, 2.75) is 33.6 Å². The number of benzene rings is 3. The molecule has 30 heavy (non-hydrogen) atoms. The van der Waals surface area contributed by atoms with Gasteiger partial charge in [0.2, 0.25) is 0 Å². The minimum absolute atomic E-state index is 0.177. The standard InChI is InChI=1S/C26H26O4/c1-16-10-11-20(14-17(16)2)19(4)21-12-13-24(18(3)15-21)30-26(28)23-9-7-6-8-22(23)25(27)29-5/h6-15,19H,1-5H3. The smallest absolute Gasteiger partial charge is 0.344 e. The van der Waals surface area contributed by atoms with E-state index < -0.39 is 11.9 Å². The van der Waals surface area contributed by atoms with Crippen molar-refractivity contribution in [2.24, 2.45) is 0 Å². The number of aryl methyl sites for hydroxylation is 3. The van der Waals surface area contributed by atoms with Crippen LogP contribution in [0, 0.1) is 20.8 Å². The third kappa shape index (κ3) is 4.43. The van der Waals surface area contributed by atoms with Gasteiger partial charge in [0, 0.05) is 5.92 Å². The van der Waals surface area contributed by atoms with Crippen LogP contribution in [0.25, 0.3) is 0 Å². The van der Waals surface area contributed by atoms with E-state index in [4.69, 9.17) is 9.47 Å². The molecule has 3 aromatic rings. The van der Waals surface area contributed by atoms with Gasteiger partial charge in [-0.1, -0.05) is 49.4 Å². The highest BCUT2D eigenvalue weighted by Crippen LogP contribution is 2.30. The van der Waals surface area contributed by atoms with E-state index in [2.05, 4.69) is 39.0 Å². The Hall–Kier alpha value is -3.40. The molecule has 0 amide bonds. The Morgan fingerprint density at radius 1 is 0.733 bits per heavy atom. The fourth-order valence-electron chi connectivity index (χ4n) is 3.39. The summed E-state index contributed by atoms with van der Waals surface area (Å²) in [5.74, 6) is -0.477. The summed E-state index contributed by atoms with van der Waals surface area (Å²) in [7, 11) is 1.28. The van der Waals surface area contributed by atoms with Crippen LogP contribution < -0.4 is 4.74 Å². The fourth-order valence-corrected chi connectivity index (χ4v) is 3.39. The molecule has 0 fully saturated rings. The van der Waals surface area contributed by atoms with Crippen molar-refractivity contribution < 1.29 is 19.1 Å². The van der Waals surface area contributed by atoms with Crippen molar-refractivity contribution in [1.29, 1.82) is 0 Å². The maximum Gasteiger partial charge on any atom is 0.344 e. The lowest BCUT2D eigenvalue weighted by Crippen LogP contribution is -2.15. The zero-order valence-electron chi connectivity index (χ0n) is 18.0. The van der Waals surface area contributed by atoms with Crippen LogP contribution in [0.5, 0.6) is 5.75 Å². The van der Waals surface area contributed by atoms with Crippen LogP contribution in [0.15, 0.2) is 60.7 Å². The molecule has 0 bridgehead atoms. The van der Waals surface area contributed by atoms with Crippen LogP contribution >= 0.6 is 0 Å². The maximum absolute atomic E-state index is 12.7. The summed E-state index contributed by atoms with van der Waals surface area (Å²) >= 11 is 0. The minimum Gasteiger partial charge on any atom is -0.465 e. The molecule has 154 valence electrons. The molecule has 1 atom stereocenters. The molecular weight excluding hydrogens is 376 g/mol. The average molecular weight is 402 g/mol. The van der Waals surface area contributed by atoms with Crippen molar-refractivity contribution in [2.75, 3.05) is 7.11 Å². The first-order valence-electron chi connectivity index (χ1n) is 9.89. The highest BCUT2D eigenvalue weighted by Gasteiger charge is 2.20. The van der Waals surface area contributed by atoms with E-state index in [1.165, 1.54) is 23.8 Å². The molecule has 0 aliphatic heterocycles. The van der Waals surface area contributed by atoms with E-state index in [9.17, 15) is 9.59 Å². The van der Waals surface area contributed by atoms with E-state index in [1.807, 2.05) is 19.1 Å². The van der Waals surface area contributed by atoms with Crippen LogP contribution in [0.2, 0.25) is 0 Å². The molecule has 4 heteroatoms. The SMILES string of the molecule is COC(=O)c1ccccc1C(=O)Oc1ccc(C(C)c2ccc(C)c(C)c2)cc1C. The first-order valence-corrected chi connectivity index (χ1v) is 9.89. The number of carbonyl (C=O) groups excluding carboxylic acids is 2. The largest absolute Gasteiger partial charge is 0.465 e. The lowest BCUT2D eigenvalue weighted by molar-refractivity contribution is 0.0587. The molecule has 0 radical (unpaired) electrons. The van der Waals surface area contributed by atoms with Gasteiger partial charge in [0.05, 0.1) is 18.2 Å². The molecule has 1 unspecified atom stereocenters. The summed E-state index contributed by atoms with van der Waals surface area (Å²) in [5.41, 5.74) is 6.15. The summed E-state index contributed by atoms with van der Waals surface area (Å²) in [6.45, 7) is 8.30. The molecule has 0 saturated heterocycles. The summed E-state index contributed by atoms with van der Waals surface area (Å²) < 4.78 is 10.3. The molecule has 3 aromatic carbocycles. The lowest BCUT2D eigenvalue weighted by atomic mass is 9.90. The number of carbonyl (C=O) groups is 2. The number of hydrogen-bond donors (Lipinski definition) is 0. The average Bonchev–Trinajstić information content (AvgIpc) is 2.75. The summed E-state index contributed by atoms with van der Waals surface area (Å²) in [6.07, 6.45) is 0. The molecule has 0 aromatic heterocycles. The predicted octanol–water partition coefficient (Wildman–Crippen LogP) is 5.77. The summed E-state index contributed by atoms with van der Waals surface area (Å²) in [6, 6.07) is 18.8. The first-order chi connectivity index (χ1) is 14.3. The molecule has 0 heterocycles. The number of methoxy groups -OCH3 is 1. The number of hydrogen-bond acceptors (Lipinski definition) is 4. The highest BCUT2D eigenvalue weighted by molar-refractivity contribution is 6.03. The summed E-state index contributed by atoms with van der Waals surface area (Å²) in [4.78, 5) is 24.6. The van der Waals surface area contributed by atoms with Gasteiger partial charge in [-0.15, -0.1) is 0 Å². The topological polar surface area (TPSA) is 52.6 Å². The quantitative estimate of drug-likeness (QED) is 0.402. The molecule has 4 nitrogen and oxygen atoms in total. The lowest BCUT2D eigenvalue weighted by Gasteiger charge is -2.16.